The zero-order valence-electron chi connectivity index (χ0n) is 9.18. The molecule has 1 aromatic heterocycles. The van der Waals surface area contributed by atoms with Crippen LogP contribution in [0.1, 0.15) is 18.1 Å². The van der Waals surface area contributed by atoms with E-state index in [1.807, 2.05) is 0 Å². The first-order chi connectivity index (χ1) is 8.64. The molecule has 11 heteroatoms. The number of hydrogen-bond donors (Lipinski definition) is 2. The van der Waals surface area contributed by atoms with Gasteiger partial charge in [-0.25, -0.2) is 4.98 Å². The fraction of sp³-hybridized carbons (Fsp3) is 0.625. The van der Waals surface area contributed by atoms with Gasteiger partial charge in [-0.3, -0.25) is 0 Å². The summed E-state index contributed by atoms with van der Waals surface area (Å²) in [4.78, 5) is 11.6. The largest absolute Gasteiger partial charge is 0.396 e. The summed E-state index contributed by atoms with van der Waals surface area (Å²) in [6.07, 6.45) is 0.484. The average molecular weight is 389 g/mol. The van der Waals surface area contributed by atoms with Crippen molar-refractivity contribution in [2.75, 3.05) is 18.5 Å². The predicted molar refractivity (Wildman–Crippen MR) is 78.5 cm³/mol. The van der Waals surface area contributed by atoms with Crippen molar-refractivity contribution in [3.8, 4) is 0 Å². The van der Waals surface area contributed by atoms with Gasteiger partial charge in [-0.2, -0.15) is 9.97 Å². The molecule has 1 heterocycles. The van der Waals surface area contributed by atoms with Crippen LogP contribution in [-0.4, -0.2) is 33.2 Å². The van der Waals surface area contributed by atoms with Crippen LogP contribution in [0.15, 0.2) is 0 Å². The number of alkyl halides is 6. The van der Waals surface area contributed by atoms with Gasteiger partial charge < -0.3 is 10.4 Å². The van der Waals surface area contributed by atoms with Crippen molar-refractivity contribution in [3.05, 3.63) is 11.6 Å². The third kappa shape index (κ3) is 5.79. The number of anilines is 1. The zero-order chi connectivity index (χ0) is 14.7. The second-order valence-corrected chi connectivity index (χ2v) is 7.87. The number of nitrogens with zero attached hydrogens (tertiary/aromatic N) is 3. The van der Waals surface area contributed by atoms with Gasteiger partial charge >= 0.3 is 0 Å². The van der Waals surface area contributed by atoms with E-state index in [1.54, 1.807) is 0 Å². The molecule has 108 valence electrons. The number of aliphatic hydroxyl groups excluding tert-OH is 1. The molecule has 2 N–H and O–H groups in total. The van der Waals surface area contributed by atoms with Gasteiger partial charge in [0, 0.05) is 13.2 Å². The first-order valence-corrected chi connectivity index (χ1v) is 7.16. The molecular weight excluding hydrogens is 381 g/mol. The fourth-order valence-corrected chi connectivity index (χ4v) is 1.49. The molecule has 0 unspecified atom stereocenters. The van der Waals surface area contributed by atoms with Gasteiger partial charge in [0.25, 0.3) is 0 Å². The Bertz CT molecular complexity index is 400. The summed E-state index contributed by atoms with van der Waals surface area (Å²) in [5.41, 5.74) is 0. The van der Waals surface area contributed by atoms with Crippen molar-refractivity contribution in [2.45, 2.75) is 14.0 Å². The minimum atomic E-state index is -1.87. The number of nitrogens with one attached hydrogen (secondary N) is 1. The molecule has 0 aliphatic heterocycles. The molecular formula is C8H8Cl6N4O. The Hall–Kier alpha value is 0.510. The predicted octanol–water partition coefficient (Wildman–Crippen LogP) is 3.32. The average Bonchev–Trinajstić information content (AvgIpc) is 2.27. The van der Waals surface area contributed by atoms with Crippen molar-refractivity contribution in [1.29, 1.82) is 0 Å². The van der Waals surface area contributed by atoms with E-state index in [-0.39, 0.29) is 24.2 Å². The zero-order valence-corrected chi connectivity index (χ0v) is 13.7. The standard InChI is InChI=1S/C8H8Cl6N4O/c9-7(10,11)4-16-5(8(12,13)14)18-6(17-4)15-2-1-3-19/h19H,1-3H2,(H,15,16,17,18). The Labute approximate surface area is 139 Å². The van der Waals surface area contributed by atoms with Gasteiger partial charge in [0.2, 0.25) is 13.5 Å². The van der Waals surface area contributed by atoms with Crippen LogP contribution in [0.4, 0.5) is 5.95 Å². The lowest BCUT2D eigenvalue weighted by Gasteiger charge is -2.15. The normalized spacial score (nSPS) is 12.6. The van der Waals surface area contributed by atoms with E-state index in [2.05, 4.69) is 20.3 Å². The van der Waals surface area contributed by atoms with E-state index in [1.165, 1.54) is 0 Å². The maximum atomic E-state index is 8.69. The highest BCUT2D eigenvalue weighted by Gasteiger charge is 2.33. The maximum absolute atomic E-state index is 8.69. The topological polar surface area (TPSA) is 70.9 Å². The quantitative estimate of drug-likeness (QED) is 0.611. The maximum Gasteiger partial charge on any atom is 0.250 e. The second-order valence-electron chi connectivity index (χ2n) is 3.31. The number of halogens is 6. The number of aliphatic hydroxyl groups is 1. The molecule has 5 nitrogen and oxygen atoms in total. The van der Waals surface area contributed by atoms with Crippen LogP contribution in [0.2, 0.25) is 0 Å². The van der Waals surface area contributed by atoms with E-state index in [0.29, 0.717) is 13.0 Å². The Balaban J connectivity index is 3.10. The summed E-state index contributed by atoms with van der Waals surface area (Å²) >= 11 is 34.2. The van der Waals surface area contributed by atoms with Crippen molar-refractivity contribution < 1.29 is 5.11 Å². The van der Waals surface area contributed by atoms with E-state index < -0.39 is 7.59 Å². The second kappa shape index (κ2) is 6.98. The Morgan fingerprint density at radius 1 is 0.895 bits per heavy atom. The van der Waals surface area contributed by atoms with Crippen molar-refractivity contribution >= 4 is 75.6 Å². The lowest BCUT2D eigenvalue weighted by molar-refractivity contribution is 0.292. The highest BCUT2D eigenvalue weighted by Crippen LogP contribution is 2.40. The third-order valence-corrected chi connectivity index (χ3v) is 2.77. The SMILES string of the molecule is OCCCNc1nc(C(Cl)(Cl)Cl)nc(C(Cl)(Cl)Cl)n1. The molecule has 1 aromatic rings. The van der Waals surface area contributed by atoms with Gasteiger partial charge in [0.05, 0.1) is 0 Å². The lowest BCUT2D eigenvalue weighted by Crippen LogP contribution is -2.19. The highest BCUT2D eigenvalue weighted by atomic mass is 35.6. The first-order valence-electron chi connectivity index (χ1n) is 4.90. The van der Waals surface area contributed by atoms with Crippen LogP contribution < -0.4 is 5.32 Å². The summed E-state index contributed by atoms with van der Waals surface area (Å²) in [5.74, 6) is -0.244. The van der Waals surface area contributed by atoms with Gasteiger partial charge in [0.1, 0.15) is 0 Å². The van der Waals surface area contributed by atoms with E-state index in [9.17, 15) is 0 Å². The molecule has 0 bridgehead atoms. The summed E-state index contributed by atoms with van der Waals surface area (Å²) in [5, 5.41) is 11.5. The van der Waals surface area contributed by atoms with Crippen molar-refractivity contribution in [3.63, 3.8) is 0 Å². The Kier molecular flexibility index (Phi) is 6.45. The van der Waals surface area contributed by atoms with Crippen LogP contribution in [0, 0.1) is 0 Å². The molecule has 0 spiro atoms. The first kappa shape index (κ1) is 17.6. The van der Waals surface area contributed by atoms with E-state index in [0.717, 1.165) is 0 Å². The van der Waals surface area contributed by atoms with Crippen LogP contribution in [0.3, 0.4) is 0 Å². The summed E-state index contributed by atoms with van der Waals surface area (Å²) in [6, 6.07) is 0. The summed E-state index contributed by atoms with van der Waals surface area (Å²) in [7, 11) is 0. The smallest absolute Gasteiger partial charge is 0.250 e. The van der Waals surface area contributed by atoms with E-state index >= 15 is 0 Å². The fourth-order valence-electron chi connectivity index (χ4n) is 0.988. The molecule has 0 saturated carbocycles. The molecule has 0 fully saturated rings. The van der Waals surface area contributed by atoms with Gasteiger partial charge in [-0.05, 0) is 6.42 Å². The molecule has 0 aliphatic carbocycles. The minimum absolute atomic E-state index is 0.00666. The summed E-state index contributed by atoms with van der Waals surface area (Å²) < 4.78 is -3.75. The van der Waals surface area contributed by atoms with Crippen LogP contribution in [-0.2, 0) is 7.59 Å². The van der Waals surface area contributed by atoms with Gasteiger partial charge in [0.15, 0.2) is 11.6 Å². The molecule has 0 radical (unpaired) electrons. The summed E-state index contributed by atoms with van der Waals surface area (Å²) in [6.45, 7) is 0.409. The van der Waals surface area contributed by atoms with Crippen LogP contribution in [0.25, 0.3) is 0 Å². The van der Waals surface area contributed by atoms with Gasteiger partial charge in [-0.15, -0.1) is 0 Å². The number of hydrogen-bond acceptors (Lipinski definition) is 5. The Morgan fingerprint density at radius 3 is 1.74 bits per heavy atom. The molecule has 0 saturated heterocycles. The van der Waals surface area contributed by atoms with Crippen molar-refractivity contribution in [1.82, 2.24) is 15.0 Å². The van der Waals surface area contributed by atoms with Gasteiger partial charge in [-0.1, -0.05) is 69.6 Å². The minimum Gasteiger partial charge on any atom is -0.396 e. The Morgan fingerprint density at radius 2 is 1.37 bits per heavy atom. The molecule has 0 amide bonds. The monoisotopic (exact) mass is 386 g/mol. The molecule has 1 rings (SSSR count). The number of rotatable bonds is 4. The van der Waals surface area contributed by atoms with Crippen LogP contribution in [0.5, 0.6) is 0 Å². The molecule has 0 aromatic carbocycles. The molecule has 19 heavy (non-hydrogen) atoms. The highest BCUT2D eigenvalue weighted by molar-refractivity contribution is 6.67. The lowest BCUT2D eigenvalue weighted by atomic mass is 10.4. The molecule has 0 atom stereocenters. The third-order valence-electron chi connectivity index (χ3n) is 1.76. The van der Waals surface area contributed by atoms with E-state index in [4.69, 9.17) is 74.7 Å². The number of aromatic nitrogens is 3. The van der Waals surface area contributed by atoms with Crippen molar-refractivity contribution in [2.24, 2.45) is 0 Å². The molecule has 0 aliphatic rings. The van der Waals surface area contributed by atoms with Crippen LogP contribution >= 0.6 is 69.6 Å².